The van der Waals surface area contributed by atoms with Crippen LogP contribution in [0, 0.1) is 5.92 Å². The highest BCUT2D eigenvalue weighted by atomic mass is 16.6. The van der Waals surface area contributed by atoms with Gasteiger partial charge in [0.05, 0.1) is 0 Å². The van der Waals surface area contributed by atoms with Gasteiger partial charge in [-0.1, -0.05) is 285 Å². The second-order valence-corrected chi connectivity index (χ2v) is 20.1. The smallest absolute Gasteiger partial charge is 0.306 e. The molecular weight excluding hydrogens is 781 g/mol. The molecule has 0 aromatic rings. The van der Waals surface area contributed by atoms with Gasteiger partial charge >= 0.3 is 17.9 Å². The number of carbonyl (C=O) groups excluding carboxylic acids is 3. The number of hydrogen-bond donors (Lipinski definition) is 0. The predicted molar refractivity (Wildman–Crippen MR) is 270 cm³/mol. The largest absolute Gasteiger partial charge is 0.462 e. The van der Waals surface area contributed by atoms with Crippen LogP contribution in [0.1, 0.15) is 323 Å². The van der Waals surface area contributed by atoms with Crippen LogP contribution in [0.15, 0.2) is 0 Å². The Hall–Kier alpha value is -1.59. The summed E-state index contributed by atoms with van der Waals surface area (Å²) < 4.78 is 16.9. The molecule has 0 aliphatic heterocycles. The summed E-state index contributed by atoms with van der Waals surface area (Å²) in [4.78, 5) is 38.1. The van der Waals surface area contributed by atoms with Crippen LogP contribution in [0.4, 0.5) is 0 Å². The Morgan fingerprint density at radius 2 is 0.524 bits per heavy atom. The molecule has 0 amide bonds. The summed E-state index contributed by atoms with van der Waals surface area (Å²) in [6.45, 7) is 9.05. The maximum absolute atomic E-state index is 12.8. The van der Waals surface area contributed by atoms with E-state index < -0.39 is 6.10 Å². The molecule has 0 N–H and O–H groups in total. The van der Waals surface area contributed by atoms with Gasteiger partial charge in [-0.15, -0.1) is 0 Å². The predicted octanol–water partition coefficient (Wildman–Crippen LogP) is 18.6. The van der Waals surface area contributed by atoms with E-state index in [-0.39, 0.29) is 31.1 Å². The van der Waals surface area contributed by atoms with Gasteiger partial charge in [0.15, 0.2) is 6.10 Å². The Balaban J connectivity index is 4.30. The number of hydrogen-bond acceptors (Lipinski definition) is 6. The molecule has 374 valence electrons. The zero-order valence-corrected chi connectivity index (χ0v) is 43.0. The van der Waals surface area contributed by atoms with E-state index in [2.05, 4.69) is 27.7 Å². The van der Waals surface area contributed by atoms with E-state index in [1.54, 1.807) is 0 Å². The fourth-order valence-corrected chi connectivity index (χ4v) is 8.75. The summed E-state index contributed by atoms with van der Waals surface area (Å²) in [6, 6.07) is 0. The summed E-state index contributed by atoms with van der Waals surface area (Å²) in [5, 5.41) is 0. The molecule has 0 saturated heterocycles. The zero-order chi connectivity index (χ0) is 45.9. The van der Waals surface area contributed by atoms with Crippen LogP contribution in [-0.4, -0.2) is 37.2 Å². The van der Waals surface area contributed by atoms with Crippen LogP contribution in [0.3, 0.4) is 0 Å². The average Bonchev–Trinajstić information content (AvgIpc) is 3.27. The van der Waals surface area contributed by atoms with Crippen molar-refractivity contribution in [1.82, 2.24) is 0 Å². The summed E-state index contributed by atoms with van der Waals surface area (Å²) in [6.07, 6.45) is 55.2. The van der Waals surface area contributed by atoms with Gasteiger partial charge in [-0.2, -0.15) is 0 Å². The van der Waals surface area contributed by atoms with Crippen molar-refractivity contribution in [3.63, 3.8) is 0 Å². The van der Waals surface area contributed by atoms with Crippen molar-refractivity contribution in [2.45, 2.75) is 329 Å². The number of unbranched alkanes of at least 4 members (excludes halogenated alkanes) is 39. The molecule has 0 heterocycles. The van der Waals surface area contributed by atoms with Crippen molar-refractivity contribution >= 4 is 17.9 Å². The molecule has 0 aromatic heterocycles. The molecule has 0 bridgehead atoms. The molecule has 0 aromatic carbocycles. The third-order valence-electron chi connectivity index (χ3n) is 13.0. The average molecular weight is 892 g/mol. The summed E-state index contributed by atoms with van der Waals surface area (Å²) in [5.74, 6) is -0.00985. The maximum Gasteiger partial charge on any atom is 0.306 e. The van der Waals surface area contributed by atoms with E-state index in [0.29, 0.717) is 19.3 Å². The number of ether oxygens (including phenoxy) is 3. The SMILES string of the molecule is CCCCCCCCCCCCCCCCCCC(=O)OC[C@H](COC(=O)CCCCCCCCCCCCCC(C)C)OC(=O)CCCCCCCCCCCCCCCCC. The number of carbonyl (C=O) groups is 3. The molecule has 63 heavy (non-hydrogen) atoms. The van der Waals surface area contributed by atoms with Gasteiger partial charge in [0.25, 0.3) is 0 Å². The topological polar surface area (TPSA) is 78.9 Å². The van der Waals surface area contributed by atoms with Crippen LogP contribution in [-0.2, 0) is 28.6 Å². The summed E-state index contributed by atoms with van der Waals surface area (Å²) in [5.41, 5.74) is 0. The van der Waals surface area contributed by atoms with E-state index in [9.17, 15) is 14.4 Å². The summed E-state index contributed by atoms with van der Waals surface area (Å²) >= 11 is 0. The molecule has 6 heteroatoms. The first-order valence-corrected chi connectivity index (χ1v) is 28.4. The Labute approximate surface area is 393 Å². The van der Waals surface area contributed by atoms with Crippen molar-refractivity contribution in [3.05, 3.63) is 0 Å². The lowest BCUT2D eigenvalue weighted by Gasteiger charge is -2.18. The molecule has 0 saturated carbocycles. The molecule has 0 fully saturated rings. The lowest BCUT2D eigenvalue weighted by atomic mass is 10.0. The summed E-state index contributed by atoms with van der Waals surface area (Å²) in [7, 11) is 0. The van der Waals surface area contributed by atoms with Gasteiger partial charge in [0.2, 0.25) is 0 Å². The fraction of sp³-hybridized carbons (Fsp3) is 0.947. The van der Waals surface area contributed by atoms with Crippen LogP contribution in [0.2, 0.25) is 0 Å². The van der Waals surface area contributed by atoms with Crippen LogP contribution >= 0.6 is 0 Å². The quantitative estimate of drug-likeness (QED) is 0.0344. The van der Waals surface area contributed by atoms with Crippen molar-refractivity contribution in [2.75, 3.05) is 13.2 Å². The standard InChI is InChI=1S/C57H110O6/c1-5-7-9-11-13-15-17-19-21-23-24-28-32-36-40-44-48-55(58)61-51-54(52-62-56(59)49-45-41-37-33-30-26-27-31-35-39-43-47-53(3)4)63-57(60)50-46-42-38-34-29-25-22-20-18-16-14-12-10-8-6-2/h53-54H,5-52H2,1-4H3/t54-/m1/s1. The van der Waals surface area contributed by atoms with Gasteiger partial charge in [-0.05, 0) is 25.2 Å². The molecular formula is C57H110O6. The molecule has 0 aliphatic rings. The van der Waals surface area contributed by atoms with Gasteiger partial charge < -0.3 is 14.2 Å². The van der Waals surface area contributed by atoms with E-state index in [4.69, 9.17) is 14.2 Å². The van der Waals surface area contributed by atoms with Gasteiger partial charge in [-0.3, -0.25) is 14.4 Å². The maximum atomic E-state index is 12.8. The molecule has 0 aliphatic carbocycles. The van der Waals surface area contributed by atoms with E-state index in [1.807, 2.05) is 0 Å². The van der Waals surface area contributed by atoms with Crippen LogP contribution in [0.25, 0.3) is 0 Å². The third-order valence-corrected chi connectivity index (χ3v) is 13.0. The molecule has 0 unspecified atom stereocenters. The molecule has 0 radical (unpaired) electrons. The van der Waals surface area contributed by atoms with Crippen molar-refractivity contribution in [2.24, 2.45) is 5.92 Å². The van der Waals surface area contributed by atoms with E-state index in [0.717, 1.165) is 63.7 Å². The molecule has 6 nitrogen and oxygen atoms in total. The first-order valence-electron chi connectivity index (χ1n) is 28.4. The first-order chi connectivity index (χ1) is 30.9. The second kappa shape index (κ2) is 51.4. The highest BCUT2D eigenvalue weighted by Gasteiger charge is 2.19. The Kier molecular flexibility index (Phi) is 50.1. The van der Waals surface area contributed by atoms with Crippen molar-refractivity contribution in [1.29, 1.82) is 0 Å². The van der Waals surface area contributed by atoms with Crippen LogP contribution < -0.4 is 0 Å². The first kappa shape index (κ1) is 61.4. The van der Waals surface area contributed by atoms with Gasteiger partial charge in [0, 0.05) is 19.3 Å². The van der Waals surface area contributed by atoms with Gasteiger partial charge in [0.1, 0.15) is 13.2 Å². The normalized spacial score (nSPS) is 12.0. The Morgan fingerprint density at radius 3 is 0.778 bits per heavy atom. The van der Waals surface area contributed by atoms with Crippen molar-refractivity contribution < 1.29 is 28.6 Å². The fourth-order valence-electron chi connectivity index (χ4n) is 8.75. The highest BCUT2D eigenvalue weighted by Crippen LogP contribution is 2.18. The minimum atomic E-state index is -0.761. The van der Waals surface area contributed by atoms with Crippen molar-refractivity contribution in [3.8, 4) is 0 Å². The number of rotatable bonds is 52. The molecule has 0 rings (SSSR count). The lowest BCUT2D eigenvalue weighted by molar-refractivity contribution is -0.167. The van der Waals surface area contributed by atoms with E-state index in [1.165, 1.54) is 218 Å². The molecule has 1 atom stereocenters. The Bertz CT molecular complexity index is 949. The highest BCUT2D eigenvalue weighted by molar-refractivity contribution is 5.71. The molecule has 0 spiro atoms. The lowest BCUT2D eigenvalue weighted by Crippen LogP contribution is -2.30. The zero-order valence-electron chi connectivity index (χ0n) is 43.0. The monoisotopic (exact) mass is 891 g/mol. The minimum absolute atomic E-state index is 0.0620. The third kappa shape index (κ3) is 51.3. The van der Waals surface area contributed by atoms with Crippen LogP contribution in [0.5, 0.6) is 0 Å². The second-order valence-electron chi connectivity index (χ2n) is 20.1. The number of esters is 3. The Morgan fingerprint density at radius 1 is 0.302 bits per heavy atom. The van der Waals surface area contributed by atoms with E-state index >= 15 is 0 Å². The van der Waals surface area contributed by atoms with Gasteiger partial charge in [-0.25, -0.2) is 0 Å². The minimum Gasteiger partial charge on any atom is -0.462 e.